The SMILES string of the molecule is COc1ccc(NC(=O)[C@H]2CC(=O)N(CCc3ccc(OC)c(OC)c3)C2)cc1F. The Morgan fingerprint density at radius 1 is 1.07 bits per heavy atom. The zero-order valence-electron chi connectivity index (χ0n) is 17.2. The van der Waals surface area contributed by atoms with E-state index in [-0.39, 0.29) is 24.0 Å². The number of carbonyl (C=O) groups is 2. The standard InChI is InChI=1S/C22H25FN2O5/c1-28-18-7-5-16(12-17(18)23)24-22(27)15-11-21(26)25(13-15)9-8-14-4-6-19(29-2)20(10-14)30-3/h4-7,10,12,15H,8-9,11,13H2,1-3H3,(H,24,27)/t15-/m0/s1. The number of methoxy groups -OCH3 is 3. The Balaban J connectivity index is 1.57. The lowest BCUT2D eigenvalue weighted by atomic mass is 10.1. The van der Waals surface area contributed by atoms with E-state index in [0.29, 0.717) is 36.7 Å². The second-order valence-electron chi connectivity index (χ2n) is 7.02. The van der Waals surface area contributed by atoms with Crippen LogP contribution in [0.25, 0.3) is 0 Å². The van der Waals surface area contributed by atoms with Gasteiger partial charge in [0.2, 0.25) is 11.8 Å². The van der Waals surface area contributed by atoms with E-state index in [2.05, 4.69) is 5.32 Å². The van der Waals surface area contributed by atoms with Crippen LogP contribution in [0.5, 0.6) is 17.2 Å². The minimum Gasteiger partial charge on any atom is -0.494 e. The van der Waals surface area contributed by atoms with Gasteiger partial charge in [0.1, 0.15) is 0 Å². The van der Waals surface area contributed by atoms with Crippen LogP contribution in [-0.2, 0) is 16.0 Å². The molecule has 160 valence electrons. The number of halogens is 1. The lowest BCUT2D eigenvalue weighted by Gasteiger charge is -2.17. The van der Waals surface area contributed by atoms with Gasteiger partial charge in [-0.3, -0.25) is 9.59 Å². The summed E-state index contributed by atoms with van der Waals surface area (Å²) in [4.78, 5) is 26.6. The van der Waals surface area contributed by atoms with Gasteiger partial charge in [-0.1, -0.05) is 6.07 Å². The van der Waals surface area contributed by atoms with Crippen LogP contribution in [0.4, 0.5) is 10.1 Å². The number of carbonyl (C=O) groups excluding carboxylic acids is 2. The number of hydrogen-bond acceptors (Lipinski definition) is 5. The summed E-state index contributed by atoms with van der Waals surface area (Å²) in [5.41, 5.74) is 1.33. The summed E-state index contributed by atoms with van der Waals surface area (Å²) in [6.45, 7) is 0.825. The molecule has 1 fully saturated rings. The van der Waals surface area contributed by atoms with Gasteiger partial charge in [0.25, 0.3) is 0 Å². The topological polar surface area (TPSA) is 77.1 Å². The molecule has 0 aliphatic carbocycles. The number of ether oxygens (including phenoxy) is 3. The zero-order valence-corrected chi connectivity index (χ0v) is 17.2. The van der Waals surface area contributed by atoms with Crippen molar-refractivity contribution in [1.29, 1.82) is 0 Å². The molecule has 8 heteroatoms. The number of nitrogens with zero attached hydrogens (tertiary/aromatic N) is 1. The van der Waals surface area contributed by atoms with Crippen LogP contribution in [0, 0.1) is 11.7 Å². The molecule has 30 heavy (non-hydrogen) atoms. The quantitative estimate of drug-likeness (QED) is 0.716. The second-order valence-corrected chi connectivity index (χ2v) is 7.02. The van der Waals surface area contributed by atoms with Crippen LogP contribution in [-0.4, -0.2) is 51.1 Å². The Morgan fingerprint density at radius 3 is 2.43 bits per heavy atom. The number of anilines is 1. The molecule has 3 rings (SSSR count). The second kappa shape index (κ2) is 9.47. The van der Waals surface area contributed by atoms with Crippen molar-refractivity contribution >= 4 is 17.5 Å². The predicted molar refractivity (Wildman–Crippen MR) is 110 cm³/mol. The highest BCUT2D eigenvalue weighted by molar-refractivity contribution is 5.97. The molecule has 1 aliphatic heterocycles. The van der Waals surface area contributed by atoms with Gasteiger partial charge in [0.15, 0.2) is 23.1 Å². The number of amides is 2. The largest absolute Gasteiger partial charge is 0.494 e. The lowest BCUT2D eigenvalue weighted by Crippen LogP contribution is -2.30. The van der Waals surface area contributed by atoms with Gasteiger partial charge in [0.05, 0.1) is 27.2 Å². The van der Waals surface area contributed by atoms with Crippen LogP contribution in [0.15, 0.2) is 36.4 Å². The maximum atomic E-state index is 13.8. The van der Waals surface area contributed by atoms with E-state index in [1.54, 1.807) is 25.2 Å². The summed E-state index contributed by atoms with van der Waals surface area (Å²) in [7, 11) is 4.52. The Labute approximate surface area is 174 Å². The van der Waals surface area contributed by atoms with Gasteiger partial charge in [-0.2, -0.15) is 0 Å². The lowest BCUT2D eigenvalue weighted by molar-refractivity contribution is -0.128. The highest BCUT2D eigenvalue weighted by Gasteiger charge is 2.34. The van der Waals surface area contributed by atoms with E-state index >= 15 is 0 Å². The van der Waals surface area contributed by atoms with Crippen LogP contribution < -0.4 is 19.5 Å². The summed E-state index contributed by atoms with van der Waals surface area (Å²) in [6, 6.07) is 9.82. The van der Waals surface area contributed by atoms with Crippen molar-refractivity contribution in [3.05, 3.63) is 47.8 Å². The minimum atomic E-state index is -0.561. The molecule has 1 saturated heterocycles. The Bertz CT molecular complexity index is 934. The number of rotatable bonds is 8. The van der Waals surface area contributed by atoms with Crippen molar-refractivity contribution in [1.82, 2.24) is 4.90 Å². The maximum absolute atomic E-state index is 13.8. The summed E-state index contributed by atoms with van der Waals surface area (Å²) in [6.07, 6.45) is 0.764. The Hall–Kier alpha value is -3.29. The third-order valence-corrected chi connectivity index (χ3v) is 5.12. The third kappa shape index (κ3) is 4.82. The van der Waals surface area contributed by atoms with Crippen LogP contribution in [0.3, 0.4) is 0 Å². The molecule has 0 saturated carbocycles. The third-order valence-electron chi connectivity index (χ3n) is 5.12. The monoisotopic (exact) mass is 416 g/mol. The van der Waals surface area contributed by atoms with E-state index in [4.69, 9.17) is 14.2 Å². The first-order valence-electron chi connectivity index (χ1n) is 9.58. The van der Waals surface area contributed by atoms with Gasteiger partial charge >= 0.3 is 0 Å². The van der Waals surface area contributed by atoms with Crippen molar-refractivity contribution in [2.75, 3.05) is 39.7 Å². The molecule has 1 atom stereocenters. The van der Waals surface area contributed by atoms with E-state index < -0.39 is 11.7 Å². The summed E-state index contributed by atoms with van der Waals surface area (Å²) in [5.74, 6) is -0.0391. The normalized spacial score (nSPS) is 15.8. The maximum Gasteiger partial charge on any atom is 0.229 e. The van der Waals surface area contributed by atoms with Crippen LogP contribution in [0.1, 0.15) is 12.0 Å². The molecule has 2 amide bonds. The number of likely N-dealkylation sites (tertiary alicyclic amines) is 1. The fourth-order valence-corrected chi connectivity index (χ4v) is 3.45. The first-order valence-corrected chi connectivity index (χ1v) is 9.58. The fraction of sp³-hybridized carbons (Fsp3) is 0.364. The molecule has 1 N–H and O–H groups in total. The van der Waals surface area contributed by atoms with Gasteiger partial charge in [-0.15, -0.1) is 0 Å². The van der Waals surface area contributed by atoms with E-state index in [0.717, 1.165) is 5.56 Å². The molecule has 0 unspecified atom stereocenters. The molecule has 7 nitrogen and oxygen atoms in total. The van der Waals surface area contributed by atoms with Gasteiger partial charge in [-0.05, 0) is 36.2 Å². The molecule has 0 bridgehead atoms. The van der Waals surface area contributed by atoms with Gasteiger partial charge in [0, 0.05) is 31.3 Å². The van der Waals surface area contributed by atoms with E-state index in [1.807, 2.05) is 18.2 Å². The highest BCUT2D eigenvalue weighted by Crippen LogP contribution is 2.28. The molecule has 1 aliphatic rings. The van der Waals surface area contributed by atoms with Gasteiger partial charge < -0.3 is 24.4 Å². The van der Waals surface area contributed by atoms with Crippen LogP contribution in [0.2, 0.25) is 0 Å². The molecular weight excluding hydrogens is 391 g/mol. The first-order chi connectivity index (χ1) is 14.4. The van der Waals surface area contributed by atoms with Crippen molar-refractivity contribution in [2.24, 2.45) is 5.92 Å². The first kappa shape index (κ1) is 21.4. The van der Waals surface area contributed by atoms with Crippen molar-refractivity contribution < 1.29 is 28.2 Å². The smallest absolute Gasteiger partial charge is 0.229 e. The summed E-state index contributed by atoms with van der Waals surface area (Å²) in [5, 5.41) is 2.67. The molecule has 2 aromatic rings. The van der Waals surface area contributed by atoms with Crippen molar-refractivity contribution in [3.8, 4) is 17.2 Å². The van der Waals surface area contributed by atoms with E-state index in [9.17, 15) is 14.0 Å². The number of nitrogens with one attached hydrogen (secondary N) is 1. The zero-order chi connectivity index (χ0) is 21.7. The molecule has 2 aromatic carbocycles. The Kier molecular flexibility index (Phi) is 6.76. The van der Waals surface area contributed by atoms with Crippen molar-refractivity contribution in [3.63, 3.8) is 0 Å². The van der Waals surface area contributed by atoms with E-state index in [1.165, 1.54) is 19.2 Å². The minimum absolute atomic E-state index is 0.0726. The Morgan fingerprint density at radius 2 is 1.77 bits per heavy atom. The average molecular weight is 416 g/mol. The van der Waals surface area contributed by atoms with Gasteiger partial charge in [-0.25, -0.2) is 4.39 Å². The number of benzene rings is 2. The molecule has 0 aromatic heterocycles. The molecule has 1 heterocycles. The summed E-state index contributed by atoms with van der Waals surface area (Å²) < 4.78 is 29.2. The van der Waals surface area contributed by atoms with Crippen LogP contribution >= 0.6 is 0 Å². The molecule has 0 spiro atoms. The predicted octanol–water partition coefficient (Wildman–Crippen LogP) is 2.88. The van der Waals surface area contributed by atoms with Crippen molar-refractivity contribution in [2.45, 2.75) is 12.8 Å². The molecular formula is C22H25FN2O5. The molecule has 0 radical (unpaired) electrons. The average Bonchev–Trinajstić information content (AvgIpc) is 3.12. The summed E-state index contributed by atoms with van der Waals surface area (Å²) >= 11 is 0. The highest BCUT2D eigenvalue weighted by atomic mass is 19.1. The fourth-order valence-electron chi connectivity index (χ4n) is 3.45. The number of hydrogen-bond donors (Lipinski definition) is 1.